The summed E-state index contributed by atoms with van der Waals surface area (Å²) in [5.74, 6) is 0. The van der Waals surface area contributed by atoms with E-state index in [1.54, 1.807) is 11.3 Å². The molecule has 4 heteroatoms. The lowest BCUT2D eigenvalue weighted by molar-refractivity contribution is 0.0510. The van der Waals surface area contributed by atoms with Crippen LogP contribution in [-0.2, 0) is 6.42 Å². The van der Waals surface area contributed by atoms with Gasteiger partial charge < -0.3 is 5.11 Å². The molecule has 0 spiro atoms. The number of hydrogen-bond acceptors (Lipinski definition) is 4. The van der Waals surface area contributed by atoms with Gasteiger partial charge in [0.1, 0.15) is 0 Å². The lowest BCUT2D eigenvalue weighted by atomic mass is 9.96. The van der Waals surface area contributed by atoms with Crippen molar-refractivity contribution in [2.45, 2.75) is 58.0 Å². The third-order valence-electron chi connectivity index (χ3n) is 3.92. The summed E-state index contributed by atoms with van der Waals surface area (Å²) in [5.41, 5.74) is 1.22. The SMILES string of the molecule is Cc1nc(CCCN2C(C)CCCC2CO)cs1. The van der Waals surface area contributed by atoms with Crippen molar-refractivity contribution in [3.8, 4) is 0 Å². The molecule has 1 aliphatic heterocycles. The molecule has 2 rings (SSSR count). The summed E-state index contributed by atoms with van der Waals surface area (Å²) >= 11 is 1.73. The fraction of sp³-hybridized carbons (Fsp3) is 0.786. The van der Waals surface area contributed by atoms with E-state index in [2.05, 4.69) is 29.1 Å². The van der Waals surface area contributed by atoms with Crippen LogP contribution in [0.25, 0.3) is 0 Å². The summed E-state index contributed by atoms with van der Waals surface area (Å²) < 4.78 is 0. The van der Waals surface area contributed by atoms with Gasteiger partial charge in [-0.15, -0.1) is 11.3 Å². The monoisotopic (exact) mass is 268 g/mol. The molecule has 3 nitrogen and oxygen atoms in total. The minimum absolute atomic E-state index is 0.306. The zero-order chi connectivity index (χ0) is 13.0. The highest BCUT2D eigenvalue weighted by Crippen LogP contribution is 2.23. The van der Waals surface area contributed by atoms with E-state index in [0.29, 0.717) is 18.7 Å². The topological polar surface area (TPSA) is 36.4 Å². The maximum absolute atomic E-state index is 9.45. The minimum Gasteiger partial charge on any atom is -0.395 e. The maximum Gasteiger partial charge on any atom is 0.0897 e. The quantitative estimate of drug-likeness (QED) is 0.892. The van der Waals surface area contributed by atoms with Gasteiger partial charge in [0.15, 0.2) is 0 Å². The van der Waals surface area contributed by atoms with E-state index in [-0.39, 0.29) is 0 Å². The average Bonchev–Trinajstić information content (AvgIpc) is 2.77. The van der Waals surface area contributed by atoms with E-state index in [1.807, 2.05) is 0 Å². The third kappa shape index (κ3) is 3.53. The number of aliphatic hydroxyl groups is 1. The highest BCUT2D eigenvalue weighted by molar-refractivity contribution is 7.09. The molecule has 2 atom stereocenters. The predicted molar refractivity (Wildman–Crippen MR) is 76.1 cm³/mol. The van der Waals surface area contributed by atoms with Crippen molar-refractivity contribution in [1.82, 2.24) is 9.88 Å². The number of aliphatic hydroxyl groups excluding tert-OH is 1. The van der Waals surface area contributed by atoms with E-state index in [1.165, 1.54) is 18.5 Å². The Morgan fingerprint density at radius 1 is 1.50 bits per heavy atom. The molecule has 0 amide bonds. The smallest absolute Gasteiger partial charge is 0.0897 e. The first-order chi connectivity index (χ1) is 8.70. The van der Waals surface area contributed by atoms with Gasteiger partial charge in [0.2, 0.25) is 0 Å². The summed E-state index contributed by atoms with van der Waals surface area (Å²) in [6.45, 7) is 5.74. The van der Waals surface area contributed by atoms with Crippen molar-refractivity contribution in [2.75, 3.05) is 13.2 Å². The lowest BCUT2D eigenvalue weighted by Crippen LogP contribution is -2.47. The number of nitrogens with zero attached hydrogens (tertiary/aromatic N) is 2. The Bertz CT molecular complexity index is 366. The Morgan fingerprint density at radius 3 is 3.00 bits per heavy atom. The molecule has 0 aliphatic carbocycles. The Morgan fingerprint density at radius 2 is 2.33 bits per heavy atom. The highest BCUT2D eigenvalue weighted by Gasteiger charge is 2.26. The molecule has 0 saturated carbocycles. The van der Waals surface area contributed by atoms with Crippen LogP contribution in [0.3, 0.4) is 0 Å². The van der Waals surface area contributed by atoms with Crippen LogP contribution in [0.4, 0.5) is 0 Å². The molecule has 1 aliphatic rings. The molecule has 0 bridgehead atoms. The van der Waals surface area contributed by atoms with Crippen LogP contribution < -0.4 is 0 Å². The number of aromatic nitrogens is 1. The van der Waals surface area contributed by atoms with Crippen LogP contribution >= 0.6 is 11.3 Å². The van der Waals surface area contributed by atoms with Gasteiger partial charge in [-0.1, -0.05) is 6.42 Å². The Kier molecular flexibility index (Phi) is 5.15. The molecule has 2 heterocycles. The van der Waals surface area contributed by atoms with Crippen molar-refractivity contribution in [3.63, 3.8) is 0 Å². The second kappa shape index (κ2) is 6.64. The van der Waals surface area contributed by atoms with Gasteiger partial charge >= 0.3 is 0 Å². The van der Waals surface area contributed by atoms with Crippen molar-refractivity contribution in [3.05, 3.63) is 16.1 Å². The molecule has 1 saturated heterocycles. The standard InChI is InChI=1S/C14H24N2OS/c1-11-5-3-7-14(9-17)16(11)8-4-6-13-10-18-12(2)15-13/h10-11,14,17H,3-9H2,1-2H3. The zero-order valence-corrected chi connectivity index (χ0v) is 12.2. The van der Waals surface area contributed by atoms with Gasteiger partial charge in [-0.2, -0.15) is 0 Å². The van der Waals surface area contributed by atoms with Gasteiger partial charge in [0, 0.05) is 17.5 Å². The largest absolute Gasteiger partial charge is 0.395 e. The fourth-order valence-electron chi connectivity index (χ4n) is 2.91. The summed E-state index contributed by atoms with van der Waals surface area (Å²) in [4.78, 5) is 6.99. The zero-order valence-electron chi connectivity index (χ0n) is 11.4. The highest BCUT2D eigenvalue weighted by atomic mass is 32.1. The molecule has 1 fully saturated rings. The second-order valence-corrected chi connectivity index (χ2v) is 6.38. The van der Waals surface area contributed by atoms with E-state index < -0.39 is 0 Å². The van der Waals surface area contributed by atoms with E-state index in [4.69, 9.17) is 0 Å². The van der Waals surface area contributed by atoms with E-state index in [0.717, 1.165) is 30.8 Å². The summed E-state index contributed by atoms with van der Waals surface area (Å²) in [7, 11) is 0. The minimum atomic E-state index is 0.306. The third-order valence-corrected chi connectivity index (χ3v) is 4.74. The molecular weight excluding hydrogens is 244 g/mol. The summed E-state index contributed by atoms with van der Waals surface area (Å²) in [5, 5.41) is 12.8. The molecule has 0 aromatic carbocycles. The number of hydrogen-bond donors (Lipinski definition) is 1. The van der Waals surface area contributed by atoms with Crippen LogP contribution in [0.1, 0.15) is 43.3 Å². The van der Waals surface area contributed by atoms with Gasteiger partial charge in [0.25, 0.3) is 0 Å². The predicted octanol–water partition coefficient (Wildman–Crippen LogP) is 2.62. The number of thiazole rings is 1. The van der Waals surface area contributed by atoms with Crippen LogP contribution in [0.2, 0.25) is 0 Å². The van der Waals surface area contributed by atoms with Crippen molar-refractivity contribution >= 4 is 11.3 Å². The Hall–Kier alpha value is -0.450. The van der Waals surface area contributed by atoms with Gasteiger partial charge in [-0.3, -0.25) is 4.90 Å². The fourth-order valence-corrected chi connectivity index (χ4v) is 3.55. The first kappa shape index (κ1) is 14.0. The van der Waals surface area contributed by atoms with Crippen LogP contribution in [-0.4, -0.2) is 40.2 Å². The Labute approximate surface area is 114 Å². The molecule has 1 aromatic heterocycles. The number of rotatable bonds is 5. The molecular formula is C14H24N2OS. The number of likely N-dealkylation sites (tertiary alicyclic amines) is 1. The first-order valence-electron chi connectivity index (χ1n) is 6.98. The van der Waals surface area contributed by atoms with Crippen molar-refractivity contribution < 1.29 is 5.11 Å². The van der Waals surface area contributed by atoms with Gasteiger partial charge in [0.05, 0.1) is 17.3 Å². The van der Waals surface area contributed by atoms with Gasteiger partial charge in [-0.05, 0) is 46.1 Å². The second-order valence-electron chi connectivity index (χ2n) is 5.32. The summed E-state index contributed by atoms with van der Waals surface area (Å²) in [6.07, 6.45) is 5.88. The van der Waals surface area contributed by atoms with E-state index in [9.17, 15) is 5.11 Å². The number of piperidine rings is 1. The molecule has 102 valence electrons. The summed E-state index contributed by atoms with van der Waals surface area (Å²) in [6, 6.07) is 0.999. The van der Waals surface area contributed by atoms with Crippen molar-refractivity contribution in [2.24, 2.45) is 0 Å². The molecule has 1 aromatic rings. The lowest BCUT2D eigenvalue weighted by Gasteiger charge is -2.39. The van der Waals surface area contributed by atoms with Crippen LogP contribution in [0.5, 0.6) is 0 Å². The van der Waals surface area contributed by atoms with Gasteiger partial charge in [-0.25, -0.2) is 4.98 Å². The van der Waals surface area contributed by atoms with Crippen molar-refractivity contribution in [1.29, 1.82) is 0 Å². The molecule has 0 radical (unpaired) electrons. The maximum atomic E-state index is 9.45. The van der Waals surface area contributed by atoms with E-state index >= 15 is 0 Å². The molecule has 1 N–H and O–H groups in total. The number of aryl methyl sites for hydroxylation is 2. The Balaban J connectivity index is 1.80. The normalized spacial score (nSPS) is 25.5. The average molecular weight is 268 g/mol. The molecule has 2 unspecified atom stereocenters. The van der Waals surface area contributed by atoms with Crippen LogP contribution in [0, 0.1) is 6.92 Å². The van der Waals surface area contributed by atoms with Crippen LogP contribution in [0.15, 0.2) is 5.38 Å². The first-order valence-corrected chi connectivity index (χ1v) is 7.86. The molecule has 18 heavy (non-hydrogen) atoms.